The van der Waals surface area contributed by atoms with Crippen molar-refractivity contribution >= 4 is 29.3 Å². The van der Waals surface area contributed by atoms with Crippen LogP contribution in [0.2, 0.25) is 0 Å². The molecule has 1 amide bonds. The van der Waals surface area contributed by atoms with Gasteiger partial charge in [-0.2, -0.15) is 11.8 Å². The Kier molecular flexibility index (Phi) is 8.34. The Balaban J connectivity index is 1.62. The highest BCUT2D eigenvalue weighted by molar-refractivity contribution is 7.98. The largest absolute Gasteiger partial charge is 0.459 e. The van der Waals surface area contributed by atoms with Gasteiger partial charge < -0.3 is 19.5 Å². The zero-order valence-electron chi connectivity index (χ0n) is 17.5. The normalized spacial score (nSPS) is 14.5. The number of nitrogens with zero attached hydrogens (tertiary/aromatic N) is 4. The Hall–Kier alpha value is -3.01. The van der Waals surface area contributed by atoms with Gasteiger partial charge in [-0.25, -0.2) is 4.99 Å². The summed E-state index contributed by atoms with van der Waals surface area (Å²) in [5.41, 5.74) is 0.973. The molecule has 1 aromatic heterocycles. The maximum atomic E-state index is 12.5. The highest BCUT2D eigenvalue weighted by Crippen LogP contribution is 2.13. The van der Waals surface area contributed by atoms with E-state index in [1.54, 1.807) is 40.9 Å². The molecule has 0 atom stereocenters. The van der Waals surface area contributed by atoms with Crippen LogP contribution in [-0.4, -0.2) is 71.3 Å². The van der Waals surface area contributed by atoms with Gasteiger partial charge in [-0.05, 0) is 36.1 Å². The number of hydrogen-bond donors (Lipinski definition) is 1. The first-order valence-corrected chi connectivity index (χ1v) is 11.6. The fourth-order valence-corrected chi connectivity index (χ4v) is 3.68. The second-order valence-electron chi connectivity index (χ2n) is 7.09. The molecular weight excluding hydrogens is 418 g/mol. The van der Waals surface area contributed by atoms with Crippen LogP contribution in [0.15, 0.2) is 52.1 Å². The van der Waals surface area contributed by atoms with Crippen LogP contribution in [0.25, 0.3) is 0 Å². The van der Waals surface area contributed by atoms with Gasteiger partial charge in [0.1, 0.15) is 0 Å². The average molecular weight is 446 g/mol. The molecule has 1 aliphatic heterocycles. The quantitative estimate of drug-likeness (QED) is 0.219. The summed E-state index contributed by atoms with van der Waals surface area (Å²) in [5.74, 6) is 2.12. The highest BCUT2D eigenvalue weighted by Gasteiger charge is 2.25. The van der Waals surface area contributed by atoms with Crippen molar-refractivity contribution < 1.29 is 14.1 Å². The number of piperazine rings is 1. The Morgan fingerprint density at radius 1 is 1.19 bits per heavy atom. The lowest BCUT2D eigenvalue weighted by atomic mass is 10.2. The van der Waals surface area contributed by atoms with E-state index >= 15 is 0 Å². The monoisotopic (exact) mass is 445 g/mol. The Bertz CT molecular complexity index is 878. The summed E-state index contributed by atoms with van der Waals surface area (Å²) in [4.78, 5) is 31.6. The predicted molar refractivity (Wildman–Crippen MR) is 121 cm³/mol. The number of furan rings is 1. The van der Waals surface area contributed by atoms with Gasteiger partial charge in [0.05, 0.1) is 17.7 Å². The first kappa shape index (κ1) is 22.7. The van der Waals surface area contributed by atoms with Crippen molar-refractivity contribution in [3.05, 3.63) is 64.1 Å². The number of nitro benzene ring substituents is 1. The molecule has 3 rings (SSSR count). The summed E-state index contributed by atoms with van der Waals surface area (Å²) in [6.45, 7) is 3.74. The van der Waals surface area contributed by atoms with Crippen LogP contribution < -0.4 is 5.32 Å². The molecule has 31 heavy (non-hydrogen) atoms. The lowest BCUT2D eigenvalue weighted by Crippen LogP contribution is -2.54. The first-order chi connectivity index (χ1) is 15.1. The van der Waals surface area contributed by atoms with Crippen molar-refractivity contribution in [1.29, 1.82) is 0 Å². The van der Waals surface area contributed by atoms with Gasteiger partial charge in [0.25, 0.3) is 11.6 Å². The third kappa shape index (κ3) is 6.48. The summed E-state index contributed by atoms with van der Waals surface area (Å²) >= 11 is 1.80. The van der Waals surface area contributed by atoms with Crippen molar-refractivity contribution in [2.45, 2.75) is 13.0 Å². The van der Waals surface area contributed by atoms with E-state index in [1.165, 1.54) is 18.4 Å². The summed E-state index contributed by atoms with van der Waals surface area (Å²) < 4.78 is 5.22. The fourth-order valence-electron chi connectivity index (χ4n) is 3.25. The summed E-state index contributed by atoms with van der Waals surface area (Å²) in [5, 5.41) is 14.3. The number of benzene rings is 1. The Labute approximate surface area is 185 Å². The number of thioether (sulfide) groups is 1. The number of guanidine groups is 1. The van der Waals surface area contributed by atoms with Crippen molar-refractivity contribution in [3.8, 4) is 0 Å². The zero-order valence-corrected chi connectivity index (χ0v) is 18.3. The lowest BCUT2D eigenvalue weighted by Gasteiger charge is -2.36. The van der Waals surface area contributed by atoms with E-state index in [9.17, 15) is 14.9 Å². The average Bonchev–Trinajstić information content (AvgIpc) is 3.33. The van der Waals surface area contributed by atoms with Crippen LogP contribution in [-0.2, 0) is 6.54 Å². The molecule has 0 spiro atoms. The smallest absolute Gasteiger partial charge is 0.289 e. The molecule has 1 saturated heterocycles. The predicted octanol–water partition coefficient (Wildman–Crippen LogP) is 2.84. The fraction of sp³-hybridized carbons (Fsp3) is 0.429. The van der Waals surface area contributed by atoms with Crippen LogP contribution in [0.3, 0.4) is 0 Å². The van der Waals surface area contributed by atoms with Crippen molar-refractivity contribution in [2.75, 3.05) is 44.7 Å². The molecule has 0 aliphatic carbocycles. The van der Waals surface area contributed by atoms with Crippen LogP contribution in [0, 0.1) is 10.1 Å². The topological polar surface area (TPSA) is 104 Å². The van der Waals surface area contributed by atoms with Crippen LogP contribution in [0.1, 0.15) is 22.5 Å². The van der Waals surface area contributed by atoms with Gasteiger partial charge >= 0.3 is 0 Å². The highest BCUT2D eigenvalue weighted by atomic mass is 32.2. The second kappa shape index (κ2) is 11.4. The first-order valence-electron chi connectivity index (χ1n) is 10.2. The van der Waals surface area contributed by atoms with E-state index in [0.29, 0.717) is 38.5 Å². The minimum atomic E-state index is -0.407. The van der Waals surface area contributed by atoms with Crippen LogP contribution in [0.4, 0.5) is 5.69 Å². The number of aliphatic imine (C=N–C) groups is 1. The molecule has 1 aliphatic rings. The second-order valence-corrected chi connectivity index (χ2v) is 8.08. The number of amides is 1. The molecule has 1 fully saturated rings. The number of carbonyl (C=O) groups excluding carboxylic acids is 1. The van der Waals surface area contributed by atoms with Gasteiger partial charge in [-0.1, -0.05) is 12.1 Å². The molecule has 0 saturated carbocycles. The SMILES string of the molecule is CSCCCNC(=NCc1ccc([N+](=O)[O-])cc1)N1CCN(C(=O)c2ccco2)CC1. The van der Waals surface area contributed by atoms with Crippen molar-refractivity contribution in [3.63, 3.8) is 0 Å². The number of rotatable bonds is 8. The molecule has 2 heterocycles. The third-order valence-corrected chi connectivity index (χ3v) is 5.66. The van der Waals surface area contributed by atoms with Gasteiger partial charge in [-0.3, -0.25) is 14.9 Å². The molecule has 0 unspecified atom stereocenters. The lowest BCUT2D eigenvalue weighted by molar-refractivity contribution is -0.384. The minimum Gasteiger partial charge on any atom is -0.459 e. The van der Waals surface area contributed by atoms with E-state index in [1.807, 2.05) is 0 Å². The number of nitro groups is 1. The molecule has 10 heteroatoms. The molecule has 9 nitrogen and oxygen atoms in total. The molecule has 0 bridgehead atoms. The van der Waals surface area contributed by atoms with Crippen molar-refractivity contribution in [2.24, 2.45) is 4.99 Å². The summed E-state index contributed by atoms with van der Waals surface area (Å²) in [7, 11) is 0. The van der Waals surface area contributed by atoms with E-state index in [4.69, 9.17) is 9.41 Å². The Morgan fingerprint density at radius 3 is 2.52 bits per heavy atom. The molecule has 2 aromatic rings. The number of hydrogen-bond acceptors (Lipinski definition) is 6. The van der Waals surface area contributed by atoms with Gasteiger partial charge in [-0.15, -0.1) is 0 Å². The van der Waals surface area contributed by atoms with Crippen molar-refractivity contribution in [1.82, 2.24) is 15.1 Å². The third-order valence-electron chi connectivity index (χ3n) is 4.97. The molecule has 1 aromatic carbocycles. The standard InChI is InChI=1S/C21H27N5O4S/c1-31-15-3-9-22-21(23-16-17-5-7-18(8-6-17)26(28)29)25-12-10-24(11-13-25)20(27)19-4-2-14-30-19/h2,4-8,14H,3,9-13,15-16H2,1H3,(H,22,23). The molecule has 166 valence electrons. The van der Waals surface area contributed by atoms with Gasteiger partial charge in [0.2, 0.25) is 0 Å². The van der Waals surface area contributed by atoms with Crippen LogP contribution >= 0.6 is 11.8 Å². The van der Waals surface area contributed by atoms with Gasteiger partial charge in [0.15, 0.2) is 11.7 Å². The molecule has 1 N–H and O–H groups in total. The van der Waals surface area contributed by atoms with E-state index in [-0.39, 0.29) is 11.6 Å². The number of nitrogens with one attached hydrogen (secondary N) is 1. The maximum Gasteiger partial charge on any atom is 0.289 e. The summed E-state index contributed by atoms with van der Waals surface area (Å²) in [6, 6.07) is 9.84. The van der Waals surface area contributed by atoms with Crippen LogP contribution in [0.5, 0.6) is 0 Å². The molecule has 0 radical (unpaired) electrons. The summed E-state index contributed by atoms with van der Waals surface area (Å²) in [6.07, 6.45) is 4.61. The molecular formula is C21H27N5O4S. The minimum absolute atomic E-state index is 0.0699. The number of non-ortho nitro benzene ring substituents is 1. The maximum absolute atomic E-state index is 12.5. The zero-order chi connectivity index (χ0) is 22.1. The van der Waals surface area contributed by atoms with E-state index in [0.717, 1.165) is 30.2 Å². The van der Waals surface area contributed by atoms with E-state index < -0.39 is 4.92 Å². The number of carbonyl (C=O) groups is 1. The van der Waals surface area contributed by atoms with E-state index in [2.05, 4.69) is 16.5 Å². The Morgan fingerprint density at radius 2 is 1.90 bits per heavy atom. The van der Waals surface area contributed by atoms with Gasteiger partial charge in [0, 0.05) is 44.9 Å².